The number of hydrogen-bond donors (Lipinski definition) is 1. The van der Waals surface area contributed by atoms with Gasteiger partial charge < -0.3 is 19.0 Å². The third kappa shape index (κ3) is 6.33. The van der Waals surface area contributed by atoms with Gasteiger partial charge in [0, 0.05) is 25.7 Å². The monoisotopic (exact) mass is 579 g/mol. The molecule has 0 aromatic heterocycles. The molecule has 4 atom stereocenters. The fourth-order valence-electron chi connectivity index (χ4n) is 7.88. The molecule has 41 heavy (non-hydrogen) atoms. The van der Waals surface area contributed by atoms with E-state index in [-0.39, 0.29) is 29.9 Å². The van der Waals surface area contributed by atoms with Crippen LogP contribution in [0.3, 0.4) is 0 Å². The molecule has 7 heteroatoms. The molecule has 1 spiro atoms. The van der Waals surface area contributed by atoms with Crippen LogP contribution < -0.4 is 10.4 Å². The van der Waals surface area contributed by atoms with Gasteiger partial charge in [0.05, 0.1) is 11.6 Å². The summed E-state index contributed by atoms with van der Waals surface area (Å²) in [7, 11) is -1.07. The fourth-order valence-corrected chi connectivity index (χ4v) is 12.5. The molecule has 1 aliphatic carbocycles. The van der Waals surface area contributed by atoms with Crippen molar-refractivity contribution >= 4 is 24.8 Å². The van der Waals surface area contributed by atoms with Crippen LogP contribution in [0.1, 0.15) is 72.1 Å². The number of rotatable bonds is 11. The number of hydrogen-bond acceptors (Lipinski definition) is 4. The highest BCUT2D eigenvalue weighted by Crippen LogP contribution is 2.49. The van der Waals surface area contributed by atoms with Crippen molar-refractivity contribution in [3.8, 4) is 0 Å². The van der Waals surface area contributed by atoms with Crippen LogP contribution in [0, 0.1) is 5.92 Å². The Kier molecular flexibility index (Phi) is 10.5. The van der Waals surface area contributed by atoms with Gasteiger partial charge in [-0.1, -0.05) is 87.5 Å². The highest BCUT2D eigenvalue weighted by Gasteiger charge is 2.55. The van der Waals surface area contributed by atoms with Gasteiger partial charge in [-0.2, -0.15) is 0 Å². The van der Waals surface area contributed by atoms with E-state index in [1.54, 1.807) is 12.0 Å². The van der Waals surface area contributed by atoms with E-state index in [2.05, 4.69) is 88.0 Å². The van der Waals surface area contributed by atoms with Crippen LogP contribution in [-0.4, -0.2) is 62.6 Å². The van der Waals surface area contributed by atoms with E-state index in [0.29, 0.717) is 13.0 Å². The Labute approximate surface area is 247 Å². The van der Waals surface area contributed by atoms with Crippen molar-refractivity contribution in [1.29, 1.82) is 0 Å². The Hall–Kier alpha value is -2.45. The number of ether oxygens (including phenoxy) is 2. The Morgan fingerprint density at radius 2 is 1.63 bits per heavy atom. The molecule has 2 fully saturated rings. The van der Waals surface area contributed by atoms with E-state index in [1.807, 2.05) is 6.08 Å². The highest BCUT2D eigenvalue weighted by atomic mass is 28.4. The Bertz CT molecular complexity index is 1080. The lowest BCUT2D eigenvalue weighted by molar-refractivity contribution is -0.153. The molecule has 6 nitrogen and oxygen atoms in total. The topological polar surface area (TPSA) is 68.2 Å². The predicted octanol–water partition coefficient (Wildman–Crippen LogP) is 6.59. The first-order chi connectivity index (χ1) is 19.7. The molecule has 0 radical (unpaired) electrons. The quantitative estimate of drug-likeness (QED) is 0.185. The van der Waals surface area contributed by atoms with Crippen LogP contribution in [-0.2, 0) is 13.9 Å². The minimum Gasteiger partial charge on any atom is -0.465 e. The van der Waals surface area contributed by atoms with Crippen molar-refractivity contribution in [1.82, 2.24) is 4.90 Å². The number of amides is 1. The summed E-state index contributed by atoms with van der Waals surface area (Å²) in [6, 6.07) is 21.3. The zero-order valence-corrected chi connectivity index (χ0v) is 26.4. The second-order valence-electron chi connectivity index (χ2n) is 12.7. The van der Waals surface area contributed by atoms with Crippen LogP contribution in [0.25, 0.3) is 0 Å². The number of benzene rings is 2. The summed E-state index contributed by atoms with van der Waals surface area (Å²) in [5, 5.41) is 13.0. The van der Waals surface area contributed by atoms with E-state index in [1.165, 1.54) is 10.4 Å². The van der Waals surface area contributed by atoms with Crippen molar-refractivity contribution in [2.75, 3.05) is 20.5 Å². The summed E-state index contributed by atoms with van der Waals surface area (Å²) in [5.74, 6) is 0.00771. The van der Waals surface area contributed by atoms with Gasteiger partial charge in [0.15, 0.2) is 0 Å². The molecule has 1 aliphatic heterocycles. The predicted molar refractivity (Wildman–Crippen MR) is 167 cm³/mol. The lowest BCUT2D eigenvalue weighted by atomic mass is 9.64. The standard InChI is InChI=1S/C34H49NO5Si/c1-6-15-27-16-13-23-34(35(27)32(36)37)24-14-21-31(39-26-38-5)30(34)22-25-40-41(33(2,3)4,28-17-9-7-10-18-28)29-19-11-8-12-20-29/h6-12,17-20,27,30-31H,1,13-16,21-26H2,2-5H3,(H,36,37)/t27-,30-,31+,34-/m0/s1. The first-order valence-electron chi connectivity index (χ1n) is 15.2. The summed E-state index contributed by atoms with van der Waals surface area (Å²) in [5.41, 5.74) is -0.483. The normalized spacial score (nSPS) is 25.3. The summed E-state index contributed by atoms with van der Waals surface area (Å²) < 4.78 is 18.9. The van der Waals surface area contributed by atoms with E-state index in [9.17, 15) is 9.90 Å². The van der Waals surface area contributed by atoms with Gasteiger partial charge in [-0.25, -0.2) is 4.79 Å². The van der Waals surface area contributed by atoms with Gasteiger partial charge in [0.1, 0.15) is 6.79 Å². The molecule has 2 aliphatic rings. The van der Waals surface area contributed by atoms with Crippen LogP contribution in [0.2, 0.25) is 5.04 Å². The molecule has 0 bridgehead atoms. The average Bonchev–Trinajstić information content (AvgIpc) is 2.95. The van der Waals surface area contributed by atoms with Gasteiger partial charge >= 0.3 is 6.09 Å². The van der Waals surface area contributed by atoms with Crippen LogP contribution >= 0.6 is 0 Å². The van der Waals surface area contributed by atoms with Gasteiger partial charge in [-0.05, 0) is 66.8 Å². The van der Waals surface area contributed by atoms with Crippen LogP contribution in [0.5, 0.6) is 0 Å². The van der Waals surface area contributed by atoms with Crippen molar-refractivity contribution in [3.05, 3.63) is 73.3 Å². The number of carboxylic acid groups (broad SMARTS) is 1. The first-order valence-corrected chi connectivity index (χ1v) is 17.1. The van der Waals surface area contributed by atoms with E-state index in [0.717, 1.165) is 44.9 Å². The number of carbonyl (C=O) groups is 1. The Balaban J connectivity index is 1.72. The molecular formula is C34H49NO5Si. The molecule has 1 saturated carbocycles. The summed E-state index contributed by atoms with van der Waals surface area (Å²) >= 11 is 0. The highest BCUT2D eigenvalue weighted by molar-refractivity contribution is 6.99. The zero-order valence-electron chi connectivity index (χ0n) is 25.4. The summed E-state index contributed by atoms with van der Waals surface area (Å²) in [6.07, 6.45) is 7.75. The van der Waals surface area contributed by atoms with Crippen molar-refractivity contribution < 1.29 is 23.8 Å². The van der Waals surface area contributed by atoms with Gasteiger partial charge in [-0.15, -0.1) is 6.58 Å². The van der Waals surface area contributed by atoms with Gasteiger partial charge in [0.25, 0.3) is 8.32 Å². The Morgan fingerprint density at radius 3 is 2.15 bits per heavy atom. The summed E-state index contributed by atoms with van der Waals surface area (Å²) in [6.45, 7) is 11.5. The second-order valence-corrected chi connectivity index (χ2v) is 17.0. The molecule has 1 saturated heterocycles. The van der Waals surface area contributed by atoms with Gasteiger partial charge in [-0.3, -0.25) is 4.90 Å². The molecule has 4 rings (SSSR count). The second kappa shape index (κ2) is 13.7. The smallest absolute Gasteiger partial charge is 0.408 e. The number of methoxy groups -OCH3 is 1. The first kappa shape index (κ1) is 31.5. The maximum atomic E-state index is 12.9. The molecule has 1 N–H and O–H groups in total. The molecular weight excluding hydrogens is 530 g/mol. The largest absolute Gasteiger partial charge is 0.465 e. The fraction of sp³-hybridized carbons (Fsp3) is 0.559. The molecule has 224 valence electrons. The number of likely N-dealkylation sites (tertiary alicyclic amines) is 1. The van der Waals surface area contributed by atoms with Gasteiger partial charge in [0.2, 0.25) is 0 Å². The molecule has 2 aromatic carbocycles. The maximum absolute atomic E-state index is 12.9. The molecule has 2 aromatic rings. The minimum atomic E-state index is -2.72. The van der Waals surface area contributed by atoms with Crippen molar-refractivity contribution in [2.24, 2.45) is 5.92 Å². The SMILES string of the molecule is C=CC[C@H]1CCC[C@@]2(CCC[C@@H](OCOC)[C@@H]2CCO[Si](c2ccccc2)(c2ccccc2)C(C)(C)C)N1C(=O)O. The van der Waals surface area contributed by atoms with E-state index in [4.69, 9.17) is 13.9 Å². The Morgan fingerprint density at radius 1 is 1.05 bits per heavy atom. The van der Waals surface area contributed by atoms with E-state index >= 15 is 0 Å². The molecule has 0 unspecified atom stereocenters. The third-order valence-electron chi connectivity index (χ3n) is 9.44. The van der Waals surface area contributed by atoms with Crippen molar-refractivity contribution in [2.45, 2.75) is 94.9 Å². The lowest BCUT2D eigenvalue weighted by Gasteiger charge is -2.57. The van der Waals surface area contributed by atoms with Crippen molar-refractivity contribution in [3.63, 3.8) is 0 Å². The summed E-state index contributed by atoms with van der Waals surface area (Å²) in [4.78, 5) is 14.7. The zero-order chi connectivity index (χ0) is 29.5. The number of piperidine rings is 1. The number of nitrogens with zero attached hydrogens (tertiary/aromatic N) is 1. The maximum Gasteiger partial charge on any atom is 0.408 e. The molecule has 1 heterocycles. The lowest BCUT2D eigenvalue weighted by Crippen LogP contribution is -2.67. The third-order valence-corrected chi connectivity index (χ3v) is 14.5. The van der Waals surface area contributed by atoms with Crippen LogP contribution in [0.15, 0.2) is 73.3 Å². The van der Waals surface area contributed by atoms with E-state index < -0.39 is 19.9 Å². The van der Waals surface area contributed by atoms with Crippen LogP contribution in [0.4, 0.5) is 4.79 Å². The average molecular weight is 580 g/mol. The minimum absolute atomic E-state index is 0.00771. The molecule has 1 amide bonds.